The Kier molecular flexibility index (Phi) is 5.80. The van der Waals surface area contributed by atoms with E-state index in [4.69, 9.17) is 4.74 Å². The van der Waals surface area contributed by atoms with Crippen molar-refractivity contribution in [2.24, 2.45) is 0 Å². The van der Waals surface area contributed by atoms with Crippen molar-refractivity contribution in [1.29, 1.82) is 0 Å². The molecule has 1 aliphatic rings. The summed E-state index contributed by atoms with van der Waals surface area (Å²) in [4.78, 5) is 26.5. The van der Waals surface area contributed by atoms with Gasteiger partial charge in [0.1, 0.15) is 5.75 Å². The Morgan fingerprint density at radius 2 is 1.60 bits per heavy atom. The minimum atomic E-state index is -0.685. The molecule has 0 saturated carbocycles. The Morgan fingerprint density at radius 1 is 0.933 bits per heavy atom. The van der Waals surface area contributed by atoms with E-state index in [1.165, 1.54) is 0 Å². The zero-order valence-corrected chi connectivity index (χ0v) is 16.9. The van der Waals surface area contributed by atoms with Gasteiger partial charge in [0.25, 0.3) is 5.91 Å². The fourth-order valence-electron chi connectivity index (χ4n) is 3.57. The monoisotopic (exact) mass is 400 g/mol. The summed E-state index contributed by atoms with van der Waals surface area (Å²) in [6, 6.07) is 25.1. The molecular weight excluding hydrogens is 376 g/mol. The van der Waals surface area contributed by atoms with Gasteiger partial charge in [0.2, 0.25) is 5.91 Å². The maximum Gasteiger partial charge on any atom is 0.265 e. The van der Waals surface area contributed by atoms with Gasteiger partial charge in [-0.15, -0.1) is 0 Å². The molecule has 0 radical (unpaired) electrons. The summed E-state index contributed by atoms with van der Waals surface area (Å²) in [5, 5.41) is 2.91. The average Bonchev–Trinajstić information content (AvgIpc) is 3.21. The van der Waals surface area contributed by atoms with Gasteiger partial charge in [-0.3, -0.25) is 9.59 Å². The molecular formula is C25H24N2O3. The van der Waals surface area contributed by atoms with Crippen LogP contribution in [0, 0.1) is 0 Å². The maximum absolute atomic E-state index is 12.7. The van der Waals surface area contributed by atoms with Gasteiger partial charge in [0.15, 0.2) is 6.10 Å². The number of benzene rings is 3. The van der Waals surface area contributed by atoms with Crippen molar-refractivity contribution in [3.63, 3.8) is 0 Å². The van der Waals surface area contributed by atoms with E-state index in [-0.39, 0.29) is 11.8 Å². The van der Waals surface area contributed by atoms with Crippen LogP contribution in [0.25, 0.3) is 11.1 Å². The average molecular weight is 400 g/mol. The number of carbonyl (C=O) groups excluding carboxylic acids is 2. The van der Waals surface area contributed by atoms with Crippen LogP contribution in [-0.2, 0) is 9.59 Å². The van der Waals surface area contributed by atoms with Crippen LogP contribution >= 0.6 is 0 Å². The zero-order valence-electron chi connectivity index (χ0n) is 16.9. The van der Waals surface area contributed by atoms with Crippen LogP contribution in [0.3, 0.4) is 0 Å². The van der Waals surface area contributed by atoms with Crippen molar-refractivity contribution in [3.8, 4) is 16.9 Å². The van der Waals surface area contributed by atoms with Crippen LogP contribution in [0.2, 0.25) is 0 Å². The molecule has 3 aromatic rings. The number of para-hydroxylation sites is 2. The molecule has 0 bridgehead atoms. The smallest absolute Gasteiger partial charge is 0.265 e. The van der Waals surface area contributed by atoms with E-state index in [2.05, 4.69) is 17.4 Å². The third-order valence-corrected chi connectivity index (χ3v) is 5.17. The number of ether oxygens (including phenoxy) is 1. The number of carbonyl (C=O) groups is 2. The van der Waals surface area contributed by atoms with Crippen molar-refractivity contribution in [1.82, 2.24) is 0 Å². The molecule has 1 aliphatic heterocycles. The van der Waals surface area contributed by atoms with E-state index in [1.54, 1.807) is 17.9 Å². The highest BCUT2D eigenvalue weighted by molar-refractivity contribution is 6.03. The van der Waals surface area contributed by atoms with Crippen LogP contribution in [0.4, 0.5) is 11.4 Å². The number of nitrogens with zero attached hydrogens (tertiary/aromatic N) is 1. The van der Waals surface area contributed by atoms with E-state index in [0.717, 1.165) is 23.2 Å². The molecule has 1 unspecified atom stereocenters. The quantitative estimate of drug-likeness (QED) is 0.641. The molecule has 1 N–H and O–H groups in total. The highest BCUT2D eigenvalue weighted by Gasteiger charge is 2.25. The molecule has 4 rings (SSSR count). The minimum Gasteiger partial charge on any atom is -0.481 e. The molecule has 152 valence electrons. The lowest BCUT2D eigenvalue weighted by Crippen LogP contribution is -2.31. The zero-order chi connectivity index (χ0) is 20.9. The molecule has 1 fully saturated rings. The van der Waals surface area contributed by atoms with Crippen molar-refractivity contribution >= 4 is 23.2 Å². The number of hydrogen-bond donors (Lipinski definition) is 1. The number of hydrogen-bond acceptors (Lipinski definition) is 3. The highest BCUT2D eigenvalue weighted by atomic mass is 16.5. The topological polar surface area (TPSA) is 58.6 Å². The highest BCUT2D eigenvalue weighted by Crippen LogP contribution is 2.29. The predicted octanol–water partition coefficient (Wildman–Crippen LogP) is 4.89. The first kappa shape index (κ1) is 19.7. The molecule has 2 amide bonds. The van der Waals surface area contributed by atoms with Crippen LogP contribution < -0.4 is 15.0 Å². The standard InChI is InChI=1S/C25H24N2O3/c1-18(30-21-15-13-20(14-16-21)19-8-3-2-4-9-19)25(29)26-22-10-5-6-11-23(22)27-17-7-12-24(27)28/h2-6,8-11,13-16,18H,7,12,17H2,1H3,(H,26,29). The normalized spacial score (nSPS) is 14.4. The van der Waals surface area contributed by atoms with Gasteiger partial charge in [-0.1, -0.05) is 54.6 Å². The van der Waals surface area contributed by atoms with Gasteiger partial charge in [-0.05, 0) is 48.7 Å². The molecule has 1 atom stereocenters. The van der Waals surface area contributed by atoms with Crippen molar-refractivity contribution in [3.05, 3.63) is 78.9 Å². The van der Waals surface area contributed by atoms with Crippen molar-refractivity contribution in [2.45, 2.75) is 25.9 Å². The van der Waals surface area contributed by atoms with Gasteiger partial charge in [-0.2, -0.15) is 0 Å². The molecule has 1 saturated heterocycles. The Morgan fingerprint density at radius 3 is 2.30 bits per heavy atom. The van der Waals surface area contributed by atoms with Gasteiger partial charge in [0.05, 0.1) is 11.4 Å². The first-order valence-electron chi connectivity index (χ1n) is 10.1. The second-order valence-electron chi connectivity index (χ2n) is 7.31. The van der Waals surface area contributed by atoms with Gasteiger partial charge >= 0.3 is 0 Å². The summed E-state index contributed by atoms with van der Waals surface area (Å²) >= 11 is 0. The minimum absolute atomic E-state index is 0.0829. The number of rotatable bonds is 6. The molecule has 30 heavy (non-hydrogen) atoms. The lowest BCUT2D eigenvalue weighted by Gasteiger charge is -2.21. The third-order valence-electron chi connectivity index (χ3n) is 5.17. The van der Waals surface area contributed by atoms with Crippen molar-refractivity contribution < 1.29 is 14.3 Å². The second kappa shape index (κ2) is 8.82. The molecule has 3 aromatic carbocycles. The van der Waals surface area contributed by atoms with E-state index < -0.39 is 6.10 Å². The van der Waals surface area contributed by atoms with Crippen LogP contribution in [0.15, 0.2) is 78.9 Å². The molecule has 5 nitrogen and oxygen atoms in total. The first-order valence-corrected chi connectivity index (χ1v) is 10.1. The maximum atomic E-state index is 12.7. The fraction of sp³-hybridized carbons (Fsp3) is 0.200. The number of anilines is 2. The SMILES string of the molecule is CC(Oc1ccc(-c2ccccc2)cc1)C(=O)Nc1ccccc1N1CCCC1=O. The molecule has 1 heterocycles. The summed E-state index contributed by atoms with van der Waals surface area (Å²) in [5.74, 6) is 0.445. The molecule has 5 heteroatoms. The van der Waals surface area contributed by atoms with Crippen LogP contribution in [0.5, 0.6) is 5.75 Å². The van der Waals surface area contributed by atoms with E-state index >= 15 is 0 Å². The Labute approximate surface area is 176 Å². The lowest BCUT2D eigenvalue weighted by molar-refractivity contribution is -0.122. The number of amides is 2. The fourth-order valence-corrected chi connectivity index (χ4v) is 3.57. The summed E-state index contributed by atoms with van der Waals surface area (Å²) in [5.41, 5.74) is 3.56. The number of nitrogens with one attached hydrogen (secondary N) is 1. The molecule has 0 aliphatic carbocycles. The van der Waals surface area contributed by atoms with Crippen molar-refractivity contribution in [2.75, 3.05) is 16.8 Å². The summed E-state index contributed by atoms with van der Waals surface area (Å²) < 4.78 is 5.83. The summed E-state index contributed by atoms with van der Waals surface area (Å²) in [6.07, 6.45) is 0.690. The molecule has 0 spiro atoms. The largest absolute Gasteiger partial charge is 0.481 e. The predicted molar refractivity (Wildman–Crippen MR) is 119 cm³/mol. The third kappa shape index (κ3) is 4.35. The summed E-state index contributed by atoms with van der Waals surface area (Å²) in [7, 11) is 0. The van der Waals surface area contributed by atoms with Gasteiger partial charge < -0.3 is 15.0 Å². The second-order valence-corrected chi connectivity index (χ2v) is 7.31. The van der Waals surface area contributed by atoms with Gasteiger partial charge in [0, 0.05) is 13.0 Å². The van der Waals surface area contributed by atoms with E-state index in [9.17, 15) is 9.59 Å². The van der Waals surface area contributed by atoms with Crippen LogP contribution in [-0.4, -0.2) is 24.5 Å². The Hall–Kier alpha value is -3.60. The lowest BCUT2D eigenvalue weighted by atomic mass is 10.1. The first-order chi connectivity index (χ1) is 14.6. The summed E-state index contributed by atoms with van der Waals surface area (Å²) in [6.45, 7) is 2.38. The Balaban J connectivity index is 1.42. The van der Waals surface area contributed by atoms with Gasteiger partial charge in [-0.25, -0.2) is 0 Å². The van der Waals surface area contributed by atoms with E-state index in [1.807, 2.05) is 60.7 Å². The van der Waals surface area contributed by atoms with Crippen LogP contribution in [0.1, 0.15) is 19.8 Å². The molecule has 0 aromatic heterocycles. The van der Waals surface area contributed by atoms with E-state index in [0.29, 0.717) is 24.4 Å². The Bertz CT molecular complexity index is 1030.